The normalized spacial score (nSPS) is 27.7. The molecule has 5 nitrogen and oxygen atoms in total. The van der Waals surface area contributed by atoms with Crippen molar-refractivity contribution in [3.8, 4) is 5.75 Å². The quantitative estimate of drug-likeness (QED) is 0.812. The van der Waals surface area contributed by atoms with E-state index < -0.39 is 9.84 Å². The van der Waals surface area contributed by atoms with E-state index in [1.807, 2.05) is 18.2 Å². The molecule has 2 atom stereocenters. The van der Waals surface area contributed by atoms with Gasteiger partial charge in [0.2, 0.25) is 0 Å². The zero-order valence-electron chi connectivity index (χ0n) is 13.9. The second kappa shape index (κ2) is 6.79. The van der Waals surface area contributed by atoms with Crippen LogP contribution in [0.3, 0.4) is 0 Å². The fraction of sp³-hybridized carbons (Fsp3) is 0.647. The average Bonchev–Trinajstić information content (AvgIpc) is 2.86. The van der Waals surface area contributed by atoms with E-state index in [0.29, 0.717) is 11.5 Å². The minimum atomic E-state index is -2.93. The molecule has 0 aliphatic carbocycles. The minimum Gasteiger partial charge on any atom is -0.497 e. The largest absolute Gasteiger partial charge is 0.497 e. The van der Waals surface area contributed by atoms with Gasteiger partial charge in [0.25, 0.3) is 0 Å². The third-order valence-electron chi connectivity index (χ3n) is 4.94. The van der Waals surface area contributed by atoms with E-state index in [1.165, 1.54) is 5.56 Å². The molecule has 0 radical (unpaired) electrons. The molecule has 1 aromatic rings. The van der Waals surface area contributed by atoms with Crippen molar-refractivity contribution in [3.63, 3.8) is 0 Å². The lowest BCUT2D eigenvalue weighted by Gasteiger charge is -2.44. The zero-order chi connectivity index (χ0) is 16.4. The molecule has 23 heavy (non-hydrogen) atoms. The summed E-state index contributed by atoms with van der Waals surface area (Å²) in [4.78, 5) is 4.72. The van der Waals surface area contributed by atoms with E-state index >= 15 is 0 Å². The Morgan fingerprint density at radius 2 is 1.87 bits per heavy atom. The number of nitrogens with zero attached hydrogens (tertiary/aromatic N) is 2. The number of piperazine rings is 1. The van der Waals surface area contributed by atoms with Crippen molar-refractivity contribution in [1.29, 1.82) is 0 Å². The maximum atomic E-state index is 12.2. The standard InChI is InChI=1S/C17H26N2O3S/c1-3-7-18-8-9-19(17-13-23(20,21)12-16(17)18)11-14-5-4-6-15(10-14)22-2/h4-6,10,16-17H,3,7-9,11-13H2,1-2H3/t16-,17+/m1/s1. The van der Waals surface area contributed by atoms with Gasteiger partial charge in [0.15, 0.2) is 9.84 Å². The lowest BCUT2D eigenvalue weighted by atomic mass is 10.0. The average molecular weight is 338 g/mol. The van der Waals surface area contributed by atoms with Crippen LogP contribution >= 0.6 is 0 Å². The van der Waals surface area contributed by atoms with Crippen molar-refractivity contribution in [3.05, 3.63) is 29.8 Å². The van der Waals surface area contributed by atoms with E-state index in [1.54, 1.807) is 7.11 Å². The van der Waals surface area contributed by atoms with Gasteiger partial charge in [0.05, 0.1) is 18.6 Å². The summed E-state index contributed by atoms with van der Waals surface area (Å²) in [6.45, 7) is 5.81. The van der Waals surface area contributed by atoms with E-state index in [0.717, 1.165) is 38.3 Å². The first-order chi connectivity index (χ1) is 11.0. The monoisotopic (exact) mass is 338 g/mol. The van der Waals surface area contributed by atoms with Crippen LogP contribution < -0.4 is 4.74 Å². The fourth-order valence-electron chi connectivity index (χ4n) is 3.86. The summed E-state index contributed by atoms with van der Waals surface area (Å²) in [6.07, 6.45) is 1.07. The predicted molar refractivity (Wildman–Crippen MR) is 91.5 cm³/mol. The van der Waals surface area contributed by atoms with Gasteiger partial charge < -0.3 is 4.74 Å². The molecule has 3 rings (SSSR count). The molecule has 2 aliphatic rings. The highest BCUT2D eigenvalue weighted by Gasteiger charge is 2.46. The number of hydrogen-bond acceptors (Lipinski definition) is 5. The molecule has 0 spiro atoms. The summed E-state index contributed by atoms with van der Waals surface area (Å²) in [7, 11) is -1.26. The second-order valence-corrected chi connectivity index (χ2v) is 8.72. The van der Waals surface area contributed by atoms with E-state index in [-0.39, 0.29) is 12.1 Å². The highest BCUT2D eigenvalue weighted by molar-refractivity contribution is 7.91. The molecule has 0 amide bonds. The van der Waals surface area contributed by atoms with Crippen molar-refractivity contribution in [2.24, 2.45) is 0 Å². The number of methoxy groups -OCH3 is 1. The van der Waals surface area contributed by atoms with Gasteiger partial charge in [0, 0.05) is 31.7 Å². The molecule has 0 N–H and O–H groups in total. The van der Waals surface area contributed by atoms with E-state index in [9.17, 15) is 8.42 Å². The first-order valence-electron chi connectivity index (χ1n) is 8.34. The summed E-state index contributed by atoms with van der Waals surface area (Å²) in [5.41, 5.74) is 1.18. The van der Waals surface area contributed by atoms with Crippen LogP contribution in [0.4, 0.5) is 0 Å². The van der Waals surface area contributed by atoms with E-state index in [4.69, 9.17) is 4.74 Å². The van der Waals surface area contributed by atoms with Gasteiger partial charge in [0.1, 0.15) is 5.75 Å². The Bertz CT molecular complexity index is 647. The van der Waals surface area contributed by atoms with Gasteiger partial charge in [-0.3, -0.25) is 9.80 Å². The lowest BCUT2D eigenvalue weighted by Crippen LogP contribution is -2.58. The topological polar surface area (TPSA) is 49.9 Å². The highest BCUT2D eigenvalue weighted by atomic mass is 32.2. The molecule has 2 fully saturated rings. The van der Waals surface area contributed by atoms with Crippen LogP contribution in [-0.4, -0.2) is 68.6 Å². The summed E-state index contributed by atoms with van der Waals surface area (Å²) in [5, 5.41) is 0. The number of fused-ring (bicyclic) bond motifs is 1. The number of benzene rings is 1. The molecule has 6 heteroatoms. The molecular weight excluding hydrogens is 312 g/mol. The molecular formula is C17H26N2O3S. The first-order valence-corrected chi connectivity index (χ1v) is 10.2. The molecule has 0 saturated carbocycles. The molecule has 2 aliphatic heterocycles. The highest BCUT2D eigenvalue weighted by Crippen LogP contribution is 2.28. The number of sulfone groups is 1. The van der Waals surface area contributed by atoms with Crippen LogP contribution in [0.5, 0.6) is 5.75 Å². The molecule has 128 valence electrons. The number of rotatable bonds is 5. The van der Waals surface area contributed by atoms with Gasteiger partial charge in [-0.25, -0.2) is 8.42 Å². The Balaban J connectivity index is 1.77. The summed E-state index contributed by atoms with van der Waals surface area (Å²) >= 11 is 0. The van der Waals surface area contributed by atoms with Crippen molar-refractivity contribution in [2.75, 3.05) is 38.2 Å². The van der Waals surface area contributed by atoms with Crippen LogP contribution in [-0.2, 0) is 16.4 Å². The number of ether oxygens (including phenoxy) is 1. The Hall–Kier alpha value is -1.11. The van der Waals surface area contributed by atoms with Crippen LogP contribution in [0.25, 0.3) is 0 Å². The van der Waals surface area contributed by atoms with Crippen LogP contribution in [0, 0.1) is 0 Å². The first kappa shape index (κ1) is 16.7. The smallest absolute Gasteiger partial charge is 0.153 e. The Labute approximate surface area is 139 Å². The Morgan fingerprint density at radius 1 is 1.17 bits per heavy atom. The molecule has 1 aromatic carbocycles. The second-order valence-electron chi connectivity index (χ2n) is 6.57. The Morgan fingerprint density at radius 3 is 2.57 bits per heavy atom. The summed E-state index contributed by atoms with van der Waals surface area (Å²) < 4.78 is 29.6. The molecule has 0 aromatic heterocycles. The lowest BCUT2D eigenvalue weighted by molar-refractivity contribution is 0.0405. The zero-order valence-corrected chi connectivity index (χ0v) is 14.8. The van der Waals surface area contributed by atoms with Crippen molar-refractivity contribution < 1.29 is 13.2 Å². The van der Waals surface area contributed by atoms with Crippen LogP contribution in [0.15, 0.2) is 24.3 Å². The predicted octanol–water partition coefficient (Wildman–Crippen LogP) is 1.39. The van der Waals surface area contributed by atoms with Gasteiger partial charge >= 0.3 is 0 Å². The van der Waals surface area contributed by atoms with Gasteiger partial charge in [-0.1, -0.05) is 19.1 Å². The van der Waals surface area contributed by atoms with Crippen LogP contribution in [0.2, 0.25) is 0 Å². The number of hydrogen-bond donors (Lipinski definition) is 0. The van der Waals surface area contributed by atoms with Gasteiger partial charge in [-0.05, 0) is 30.7 Å². The third kappa shape index (κ3) is 3.70. The molecule has 0 bridgehead atoms. The maximum absolute atomic E-state index is 12.2. The fourth-order valence-corrected chi connectivity index (χ4v) is 5.91. The minimum absolute atomic E-state index is 0.117. The molecule has 0 unspecified atom stereocenters. The van der Waals surface area contributed by atoms with Crippen molar-refractivity contribution in [2.45, 2.75) is 32.0 Å². The maximum Gasteiger partial charge on any atom is 0.153 e. The molecule has 2 saturated heterocycles. The van der Waals surface area contributed by atoms with Crippen molar-refractivity contribution >= 4 is 9.84 Å². The van der Waals surface area contributed by atoms with E-state index in [2.05, 4.69) is 22.8 Å². The molecule has 2 heterocycles. The SMILES string of the molecule is CCCN1CCN(Cc2cccc(OC)c2)[C@H]2CS(=O)(=O)C[C@H]21. The van der Waals surface area contributed by atoms with Crippen molar-refractivity contribution in [1.82, 2.24) is 9.80 Å². The van der Waals surface area contributed by atoms with Crippen LogP contribution in [0.1, 0.15) is 18.9 Å². The summed E-state index contributed by atoms with van der Waals surface area (Å²) in [6, 6.07) is 8.32. The van der Waals surface area contributed by atoms with Gasteiger partial charge in [-0.15, -0.1) is 0 Å². The van der Waals surface area contributed by atoms with Gasteiger partial charge in [-0.2, -0.15) is 0 Å². The Kier molecular flexibility index (Phi) is 4.94. The summed E-state index contributed by atoms with van der Waals surface area (Å²) in [5.74, 6) is 1.46. The third-order valence-corrected chi connectivity index (χ3v) is 6.64.